The number of nitrogens with one attached hydrogen (secondary N) is 1. The van der Waals surface area contributed by atoms with Crippen LogP contribution in [0.15, 0.2) is 78.9 Å². The molecule has 3 rings (SSSR count). The van der Waals surface area contributed by atoms with Crippen molar-refractivity contribution in [3.8, 4) is 5.75 Å². The fourth-order valence-corrected chi connectivity index (χ4v) is 3.86. The fraction of sp³-hybridized carbons (Fsp3) is 0.310. The number of hydrogen-bond donors (Lipinski definition) is 1. The van der Waals surface area contributed by atoms with Gasteiger partial charge in [0, 0.05) is 24.0 Å². The molecule has 0 bridgehead atoms. The first-order valence-electron chi connectivity index (χ1n) is 11.9. The SMILES string of the molecule is CC[C@H](C)NC(=O)[C@H](Cc1ccccc1)N(Cc1ccccc1Cl)C(=O)COc1ccc(C)cc1. The maximum absolute atomic E-state index is 13.6. The summed E-state index contributed by atoms with van der Waals surface area (Å²) in [7, 11) is 0. The molecule has 184 valence electrons. The number of rotatable bonds is 11. The van der Waals surface area contributed by atoms with Gasteiger partial charge in [0.2, 0.25) is 5.91 Å². The molecule has 3 aromatic rings. The van der Waals surface area contributed by atoms with Crippen molar-refractivity contribution in [3.63, 3.8) is 0 Å². The molecule has 5 nitrogen and oxygen atoms in total. The lowest BCUT2D eigenvalue weighted by atomic mass is 10.0. The van der Waals surface area contributed by atoms with Crippen LogP contribution in [0.25, 0.3) is 0 Å². The minimum Gasteiger partial charge on any atom is -0.484 e. The summed E-state index contributed by atoms with van der Waals surface area (Å²) in [5.74, 6) is 0.120. The highest BCUT2D eigenvalue weighted by Crippen LogP contribution is 2.21. The predicted molar refractivity (Wildman–Crippen MR) is 141 cm³/mol. The Labute approximate surface area is 213 Å². The van der Waals surface area contributed by atoms with Gasteiger partial charge in [-0.2, -0.15) is 0 Å². The third-order valence-electron chi connectivity index (χ3n) is 5.95. The molecular weight excluding hydrogens is 460 g/mol. The first kappa shape index (κ1) is 26.3. The summed E-state index contributed by atoms with van der Waals surface area (Å²) in [5.41, 5.74) is 2.84. The number of amides is 2. The van der Waals surface area contributed by atoms with Crippen molar-refractivity contribution in [2.24, 2.45) is 0 Å². The second-order valence-corrected chi connectivity index (χ2v) is 9.15. The number of halogens is 1. The highest BCUT2D eigenvalue weighted by Gasteiger charge is 2.31. The van der Waals surface area contributed by atoms with E-state index in [0.29, 0.717) is 17.2 Å². The van der Waals surface area contributed by atoms with E-state index in [1.165, 1.54) is 0 Å². The zero-order valence-corrected chi connectivity index (χ0v) is 21.3. The van der Waals surface area contributed by atoms with E-state index in [-0.39, 0.29) is 31.0 Å². The fourth-order valence-electron chi connectivity index (χ4n) is 3.67. The average molecular weight is 493 g/mol. The van der Waals surface area contributed by atoms with Gasteiger partial charge in [0.15, 0.2) is 6.61 Å². The van der Waals surface area contributed by atoms with Gasteiger partial charge < -0.3 is 15.0 Å². The van der Waals surface area contributed by atoms with Crippen LogP contribution in [0.5, 0.6) is 5.75 Å². The molecule has 0 fully saturated rings. The third kappa shape index (κ3) is 7.86. The van der Waals surface area contributed by atoms with E-state index < -0.39 is 6.04 Å². The summed E-state index contributed by atoms with van der Waals surface area (Å²) in [6, 6.07) is 23.9. The molecular formula is C29H33ClN2O3. The van der Waals surface area contributed by atoms with Crippen molar-refractivity contribution in [2.45, 2.75) is 52.2 Å². The van der Waals surface area contributed by atoms with E-state index in [2.05, 4.69) is 5.32 Å². The van der Waals surface area contributed by atoms with Gasteiger partial charge in [-0.25, -0.2) is 0 Å². The first-order chi connectivity index (χ1) is 16.9. The van der Waals surface area contributed by atoms with E-state index in [1.54, 1.807) is 11.0 Å². The quantitative estimate of drug-likeness (QED) is 0.380. The number of carbonyl (C=O) groups is 2. The van der Waals surface area contributed by atoms with Gasteiger partial charge >= 0.3 is 0 Å². The Hall–Kier alpha value is -3.31. The maximum atomic E-state index is 13.6. The molecule has 35 heavy (non-hydrogen) atoms. The second kappa shape index (κ2) is 13.0. The molecule has 0 heterocycles. The highest BCUT2D eigenvalue weighted by atomic mass is 35.5. The largest absolute Gasteiger partial charge is 0.484 e. The van der Waals surface area contributed by atoms with Gasteiger partial charge in [-0.3, -0.25) is 9.59 Å². The zero-order valence-electron chi connectivity index (χ0n) is 20.5. The number of nitrogens with zero attached hydrogens (tertiary/aromatic N) is 1. The molecule has 0 radical (unpaired) electrons. The number of carbonyl (C=O) groups excluding carboxylic acids is 2. The Morgan fingerprint density at radius 2 is 1.63 bits per heavy atom. The van der Waals surface area contributed by atoms with Gasteiger partial charge in [0.1, 0.15) is 11.8 Å². The van der Waals surface area contributed by atoms with Crippen LogP contribution in [-0.4, -0.2) is 35.4 Å². The Kier molecular flexibility index (Phi) is 9.74. The van der Waals surface area contributed by atoms with E-state index in [4.69, 9.17) is 16.3 Å². The lowest BCUT2D eigenvalue weighted by molar-refractivity contribution is -0.143. The van der Waals surface area contributed by atoms with Crippen molar-refractivity contribution in [1.82, 2.24) is 10.2 Å². The molecule has 0 spiro atoms. The van der Waals surface area contributed by atoms with Crippen LogP contribution in [0, 0.1) is 6.92 Å². The summed E-state index contributed by atoms with van der Waals surface area (Å²) < 4.78 is 5.80. The van der Waals surface area contributed by atoms with Crippen LogP contribution in [0.4, 0.5) is 0 Å². The van der Waals surface area contributed by atoms with E-state index in [9.17, 15) is 9.59 Å². The molecule has 0 aliphatic rings. The van der Waals surface area contributed by atoms with Crippen LogP contribution < -0.4 is 10.1 Å². The third-order valence-corrected chi connectivity index (χ3v) is 6.32. The molecule has 2 atom stereocenters. The molecule has 6 heteroatoms. The van der Waals surface area contributed by atoms with Crippen LogP contribution >= 0.6 is 11.6 Å². The molecule has 1 N–H and O–H groups in total. The summed E-state index contributed by atoms with van der Waals surface area (Å²) in [6.45, 7) is 5.97. The number of benzene rings is 3. The topological polar surface area (TPSA) is 58.6 Å². The van der Waals surface area contributed by atoms with Crippen molar-refractivity contribution in [1.29, 1.82) is 0 Å². The molecule has 0 saturated carbocycles. The average Bonchev–Trinajstić information content (AvgIpc) is 2.87. The van der Waals surface area contributed by atoms with Crippen molar-refractivity contribution < 1.29 is 14.3 Å². The molecule has 3 aromatic carbocycles. The first-order valence-corrected chi connectivity index (χ1v) is 12.3. The standard InChI is InChI=1S/C29H33ClN2O3/c1-4-22(3)31-29(34)27(18-23-10-6-5-7-11-23)32(19-24-12-8-9-13-26(24)30)28(33)20-35-25-16-14-21(2)15-17-25/h5-17,22,27H,4,18-20H2,1-3H3,(H,31,34)/t22-,27-/m0/s1. The predicted octanol–water partition coefficient (Wildman–Crippen LogP) is 5.58. The summed E-state index contributed by atoms with van der Waals surface area (Å²) in [4.78, 5) is 28.6. The van der Waals surface area contributed by atoms with Crippen LogP contribution in [0.3, 0.4) is 0 Å². The van der Waals surface area contributed by atoms with Crippen molar-refractivity contribution >= 4 is 23.4 Å². The Morgan fingerprint density at radius 1 is 0.971 bits per heavy atom. The van der Waals surface area contributed by atoms with Gasteiger partial charge in [0.25, 0.3) is 5.91 Å². The van der Waals surface area contributed by atoms with Gasteiger partial charge in [0.05, 0.1) is 0 Å². The van der Waals surface area contributed by atoms with Crippen LogP contribution in [0.2, 0.25) is 5.02 Å². The minimum absolute atomic E-state index is 0.0122. The maximum Gasteiger partial charge on any atom is 0.261 e. The number of aryl methyl sites for hydroxylation is 1. The Balaban J connectivity index is 1.91. The number of hydrogen-bond acceptors (Lipinski definition) is 3. The lowest BCUT2D eigenvalue weighted by Crippen LogP contribution is -2.53. The smallest absolute Gasteiger partial charge is 0.261 e. The Morgan fingerprint density at radius 3 is 2.29 bits per heavy atom. The normalized spacial score (nSPS) is 12.5. The van der Waals surface area contributed by atoms with E-state index >= 15 is 0 Å². The summed E-state index contributed by atoms with van der Waals surface area (Å²) in [6.07, 6.45) is 1.17. The molecule has 0 aromatic heterocycles. The van der Waals surface area contributed by atoms with Crippen molar-refractivity contribution in [3.05, 3.63) is 101 Å². The Bertz CT molecular complexity index is 1100. The monoisotopic (exact) mass is 492 g/mol. The summed E-state index contributed by atoms with van der Waals surface area (Å²) >= 11 is 6.44. The molecule has 2 amide bonds. The van der Waals surface area contributed by atoms with Crippen LogP contribution in [-0.2, 0) is 22.6 Å². The van der Waals surface area contributed by atoms with Gasteiger partial charge in [-0.05, 0) is 49.6 Å². The van der Waals surface area contributed by atoms with Crippen LogP contribution in [0.1, 0.15) is 37.0 Å². The summed E-state index contributed by atoms with van der Waals surface area (Å²) in [5, 5.41) is 3.61. The minimum atomic E-state index is -0.725. The molecule has 0 aliphatic carbocycles. The van der Waals surface area contributed by atoms with Gasteiger partial charge in [-0.1, -0.05) is 84.8 Å². The van der Waals surface area contributed by atoms with E-state index in [1.807, 2.05) is 93.6 Å². The number of ether oxygens (including phenoxy) is 1. The van der Waals surface area contributed by atoms with Gasteiger partial charge in [-0.15, -0.1) is 0 Å². The lowest BCUT2D eigenvalue weighted by Gasteiger charge is -2.32. The molecule has 0 aliphatic heterocycles. The zero-order chi connectivity index (χ0) is 25.2. The van der Waals surface area contributed by atoms with E-state index in [0.717, 1.165) is 23.1 Å². The highest BCUT2D eigenvalue weighted by molar-refractivity contribution is 6.31. The molecule has 0 unspecified atom stereocenters. The van der Waals surface area contributed by atoms with Crippen molar-refractivity contribution in [2.75, 3.05) is 6.61 Å². The second-order valence-electron chi connectivity index (χ2n) is 8.74. The molecule has 0 saturated heterocycles.